The van der Waals surface area contributed by atoms with Crippen LogP contribution in [0.25, 0.3) is 0 Å². The second kappa shape index (κ2) is 5.12. The Morgan fingerprint density at radius 1 is 1.54 bits per heavy atom. The monoisotopic (exact) mass is 212 g/mol. The van der Waals surface area contributed by atoms with Gasteiger partial charge in [0.05, 0.1) is 0 Å². The second-order valence-corrected chi connectivity index (χ2v) is 3.95. The van der Waals surface area contributed by atoms with E-state index in [4.69, 9.17) is 10.2 Å². The average Bonchev–Trinajstić information content (AvgIpc) is 2.04. The molecule has 0 aromatic rings. The number of rotatable bonds is 6. The van der Waals surface area contributed by atoms with E-state index in [0.29, 0.717) is 0 Å². The molecule has 0 heterocycles. The maximum absolute atomic E-state index is 10.7. The number of nitrogens with one attached hydrogen (secondary N) is 2. The van der Waals surface area contributed by atoms with Gasteiger partial charge in [-0.05, 0) is 6.42 Å². The normalized spacial score (nSPS) is 14.0. The Kier molecular flexibility index (Phi) is 4.85. The first-order chi connectivity index (χ1) is 5.89. The van der Waals surface area contributed by atoms with Gasteiger partial charge in [0.2, 0.25) is 0 Å². The SMILES string of the molecule is CNS(=O)(=O)NCC[C@H](O)C(=O)O. The van der Waals surface area contributed by atoms with Crippen molar-refractivity contribution in [2.24, 2.45) is 0 Å². The van der Waals surface area contributed by atoms with Crippen molar-refractivity contribution in [1.29, 1.82) is 0 Å². The summed E-state index contributed by atoms with van der Waals surface area (Å²) in [5, 5.41) is 17.0. The van der Waals surface area contributed by atoms with Crippen molar-refractivity contribution in [1.82, 2.24) is 9.44 Å². The molecular formula is C5H12N2O5S. The predicted molar refractivity (Wildman–Crippen MR) is 44.2 cm³/mol. The smallest absolute Gasteiger partial charge is 0.332 e. The molecule has 0 aromatic heterocycles. The molecule has 0 aliphatic rings. The number of hydrogen-bond donors (Lipinski definition) is 4. The Hall–Kier alpha value is -0.700. The van der Waals surface area contributed by atoms with E-state index in [2.05, 4.69) is 0 Å². The van der Waals surface area contributed by atoms with E-state index in [0.717, 1.165) is 0 Å². The highest BCUT2D eigenvalue weighted by Gasteiger charge is 2.13. The Bertz CT molecular complexity index is 262. The summed E-state index contributed by atoms with van der Waals surface area (Å²) >= 11 is 0. The van der Waals surface area contributed by atoms with E-state index >= 15 is 0 Å². The van der Waals surface area contributed by atoms with Crippen molar-refractivity contribution in [3.63, 3.8) is 0 Å². The van der Waals surface area contributed by atoms with Crippen LogP contribution in [0.2, 0.25) is 0 Å². The minimum Gasteiger partial charge on any atom is -0.479 e. The second-order valence-electron chi connectivity index (χ2n) is 2.24. The third-order valence-corrected chi connectivity index (χ3v) is 2.39. The first-order valence-electron chi connectivity index (χ1n) is 3.48. The van der Waals surface area contributed by atoms with Gasteiger partial charge in [-0.3, -0.25) is 0 Å². The summed E-state index contributed by atoms with van der Waals surface area (Å²) in [4.78, 5) is 10.1. The first-order valence-corrected chi connectivity index (χ1v) is 4.96. The van der Waals surface area contributed by atoms with Gasteiger partial charge >= 0.3 is 5.97 Å². The minimum absolute atomic E-state index is 0.128. The van der Waals surface area contributed by atoms with Crippen LogP contribution in [0.5, 0.6) is 0 Å². The fraction of sp³-hybridized carbons (Fsp3) is 0.800. The van der Waals surface area contributed by atoms with Crippen LogP contribution >= 0.6 is 0 Å². The molecule has 0 radical (unpaired) electrons. The van der Waals surface area contributed by atoms with Gasteiger partial charge in [-0.2, -0.15) is 8.42 Å². The van der Waals surface area contributed by atoms with Gasteiger partial charge in [-0.1, -0.05) is 0 Å². The summed E-state index contributed by atoms with van der Waals surface area (Å²) < 4.78 is 25.4. The van der Waals surface area contributed by atoms with E-state index in [1.54, 1.807) is 0 Å². The molecule has 0 fully saturated rings. The lowest BCUT2D eigenvalue weighted by Gasteiger charge is -2.06. The van der Waals surface area contributed by atoms with Gasteiger partial charge in [0, 0.05) is 13.6 Å². The molecule has 0 aliphatic carbocycles. The molecule has 0 aliphatic heterocycles. The number of aliphatic carboxylic acids is 1. The summed E-state index contributed by atoms with van der Waals surface area (Å²) in [5.74, 6) is -1.37. The zero-order chi connectivity index (χ0) is 10.5. The van der Waals surface area contributed by atoms with Gasteiger partial charge in [-0.15, -0.1) is 0 Å². The lowest BCUT2D eigenvalue weighted by Crippen LogP contribution is -2.36. The molecule has 0 aromatic carbocycles. The van der Waals surface area contributed by atoms with Crippen molar-refractivity contribution in [2.75, 3.05) is 13.6 Å². The summed E-state index contributed by atoms with van der Waals surface area (Å²) in [5.41, 5.74) is 0. The molecular weight excluding hydrogens is 200 g/mol. The summed E-state index contributed by atoms with van der Waals surface area (Å²) in [6, 6.07) is 0. The van der Waals surface area contributed by atoms with Crippen LogP contribution < -0.4 is 9.44 Å². The third-order valence-electron chi connectivity index (χ3n) is 1.26. The first kappa shape index (κ1) is 12.3. The van der Waals surface area contributed by atoms with Crippen molar-refractivity contribution in [3.05, 3.63) is 0 Å². The largest absolute Gasteiger partial charge is 0.479 e. The van der Waals surface area contributed by atoms with Gasteiger partial charge < -0.3 is 10.2 Å². The Morgan fingerprint density at radius 2 is 2.08 bits per heavy atom. The van der Waals surface area contributed by atoms with Gasteiger partial charge in [0.15, 0.2) is 6.10 Å². The maximum atomic E-state index is 10.7. The van der Waals surface area contributed by atoms with Crippen LogP contribution in [0.1, 0.15) is 6.42 Å². The summed E-state index contributed by atoms with van der Waals surface area (Å²) in [7, 11) is -2.33. The molecule has 0 saturated heterocycles. The van der Waals surface area contributed by atoms with E-state index in [1.165, 1.54) is 7.05 Å². The summed E-state index contributed by atoms with van der Waals surface area (Å²) in [6.07, 6.45) is -1.71. The van der Waals surface area contributed by atoms with Crippen molar-refractivity contribution >= 4 is 16.2 Å². The number of carbonyl (C=O) groups is 1. The standard InChI is InChI=1S/C5H12N2O5S/c1-6-13(11,12)7-3-2-4(8)5(9)10/h4,6-8H,2-3H2,1H3,(H,9,10)/t4-/m0/s1. The number of hydrogen-bond acceptors (Lipinski definition) is 4. The molecule has 1 atom stereocenters. The zero-order valence-electron chi connectivity index (χ0n) is 7.02. The van der Waals surface area contributed by atoms with E-state index in [9.17, 15) is 13.2 Å². The molecule has 4 N–H and O–H groups in total. The third kappa shape index (κ3) is 5.53. The molecule has 0 rings (SSSR count). The highest BCUT2D eigenvalue weighted by Crippen LogP contribution is 1.89. The van der Waals surface area contributed by atoms with Crippen LogP contribution in [-0.4, -0.2) is 44.3 Å². The van der Waals surface area contributed by atoms with Gasteiger partial charge in [0.1, 0.15) is 0 Å². The predicted octanol–water partition coefficient (Wildman–Crippen LogP) is -2.12. The molecule has 13 heavy (non-hydrogen) atoms. The highest BCUT2D eigenvalue weighted by atomic mass is 32.2. The Balaban J connectivity index is 3.75. The van der Waals surface area contributed by atoms with Crippen molar-refractivity contribution in [3.8, 4) is 0 Å². The van der Waals surface area contributed by atoms with Gasteiger partial charge in [-0.25, -0.2) is 14.2 Å². The molecule has 0 spiro atoms. The molecule has 0 amide bonds. The highest BCUT2D eigenvalue weighted by molar-refractivity contribution is 7.87. The molecule has 0 bridgehead atoms. The lowest BCUT2D eigenvalue weighted by molar-refractivity contribution is -0.146. The Labute approximate surface area is 75.9 Å². The number of carboxylic acid groups (broad SMARTS) is 1. The van der Waals surface area contributed by atoms with E-state index < -0.39 is 22.3 Å². The number of aliphatic hydroxyl groups is 1. The maximum Gasteiger partial charge on any atom is 0.332 e. The fourth-order valence-electron chi connectivity index (χ4n) is 0.526. The Morgan fingerprint density at radius 3 is 2.46 bits per heavy atom. The van der Waals surface area contributed by atoms with Crippen molar-refractivity contribution in [2.45, 2.75) is 12.5 Å². The van der Waals surface area contributed by atoms with Crippen LogP contribution in [0.4, 0.5) is 0 Å². The molecule has 0 unspecified atom stereocenters. The average molecular weight is 212 g/mol. The van der Waals surface area contributed by atoms with Crippen LogP contribution in [0.3, 0.4) is 0 Å². The van der Waals surface area contributed by atoms with Gasteiger partial charge in [0.25, 0.3) is 10.2 Å². The fourth-order valence-corrected chi connectivity index (χ4v) is 1.06. The quantitative estimate of drug-likeness (QED) is 0.401. The molecule has 78 valence electrons. The lowest BCUT2D eigenvalue weighted by atomic mass is 10.3. The van der Waals surface area contributed by atoms with Crippen LogP contribution in [0.15, 0.2) is 0 Å². The minimum atomic E-state index is -3.54. The number of carboxylic acids is 1. The van der Waals surface area contributed by atoms with Crippen LogP contribution in [-0.2, 0) is 15.0 Å². The van der Waals surface area contributed by atoms with Crippen molar-refractivity contribution < 1.29 is 23.4 Å². The summed E-state index contributed by atoms with van der Waals surface area (Å²) in [6.45, 7) is -0.128. The van der Waals surface area contributed by atoms with E-state index in [-0.39, 0.29) is 13.0 Å². The number of aliphatic hydroxyl groups excluding tert-OH is 1. The molecule has 0 saturated carbocycles. The zero-order valence-corrected chi connectivity index (χ0v) is 7.84. The topological polar surface area (TPSA) is 116 Å². The van der Waals surface area contributed by atoms with Crippen LogP contribution in [0, 0.1) is 0 Å². The molecule has 8 heteroatoms. The van der Waals surface area contributed by atoms with E-state index in [1.807, 2.05) is 9.44 Å². The molecule has 7 nitrogen and oxygen atoms in total.